The van der Waals surface area contributed by atoms with Crippen molar-refractivity contribution >= 4 is 22.4 Å². The number of cyclic esters (lactones) is 1. The minimum absolute atomic E-state index is 0.0469. The predicted octanol–water partition coefficient (Wildman–Crippen LogP) is 11.4. The van der Waals surface area contributed by atoms with Gasteiger partial charge in [-0.3, -0.25) is 4.79 Å². The highest BCUT2D eigenvalue weighted by Gasteiger charge is 2.64. The molecular weight excluding hydrogens is 501 g/mol. The first kappa shape index (κ1) is 35.9. The molecular formula is C33H68O3Si2. The molecule has 0 spiro atoms. The topological polar surface area (TPSA) is 35.5 Å². The van der Waals surface area contributed by atoms with Crippen LogP contribution in [0.5, 0.6) is 0 Å². The smallest absolute Gasteiger partial charge is 0.313 e. The summed E-state index contributed by atoms with van der Waals surface area (Å²) in [5.74, 6) is 0.103. The maximum Gasteiger partial charge on any atom is 0.313 e. The van der Waals surface area contributed by atoms with Crippen LogP contribution >= 0.6 is 0 Å². The van der Waals surface area contributed by atoms with Crippen LogP contribution in [0.15, 0.2) is 0 Å². The third-order valence-electron chi connectivity index (χ3n) is 9.80. The molecule has 0 aromatic carbocycles. The zero-order valence-electron chi connectivity index (χ0n) is 27.6. The number of hydrogen-bond acceptors (Lipinski definition) is 3. The lowest BCUT2D eigenvalue weighted by Gasteiger charge is -2.55. The van der Waals surface area contributed by atoms with Gasteiger partial charge >= 0.3 is 5.97 Å². The quantitative estimate of drug-likeness (QED) is 0.0740. The molecule has 1 saturated heterocycles. The van der Waals surface area contributed by atoms with Crippen LogP contribution in [0.4, 0.5) is 0 Å². The van der Waals surface area contributed by atoms with E-state index in [1.54, 1.807) is 0 Å². The van der Waals surface area contributed by atoms with E-state index in [0.717, 1.165) is 25.7 Å². The van der Waals surface area contributed by atoms with Crippen molar-refractivity contribution in [1.82, 2.24) is 0 Å². The van der Waals surface area contributed by atoms with Crippen LogP contribution in [0, 0.1) is 0 Å². The predicted molar refractivity (Wildman–Crippen MR) is 172 cm³/mol. The second-order valence-corrected chi connectivity index (χ2v) is 25.1. The summed E-state index contributed by atoms with van der Waals surface area (Å²) in [6.07, 6.45) is 23.0. The van der Waals surface area contributed by atoms with Gasteiger partial charge in [0.15, 0.2) is 8.32 Å². The summed E-state index contributed by atoms with van der Waals surface area (Å²) in [7, 11) is -3.67. The summed E-state index contributed by atoms with van der Waals surface area (Å²) in [4.78, 5) is 13.2. The third-order valence-corrected chi connectivity index (χ3v) is 17.8. The van der Waals surface area contributed by atoms with E-state index < -0.39 is 16.4 Å². The van der Waals surface area contributed by atoms with Crippen molar-refractivity contribution in [2.24, 2.45) is 0 Å². The number of unbranched alkanes of at least 4 members (excludes halogenated alkanes) is 13. The average Bonchev–Trinajstić information content (AvgIpc) is 2.80. The molecule has 226 valence electrons. The van der Waals surface area contributed by atoms with Gasteiger partial charge in [-0.2, -0.15) is 0 Å². The van der Waals surface area contributed by atoms with E-state index >= 15 is 0 Å². The fourth-order valence-corrected chi connectivity index (χ4v) is 10.2. The molecule has 0 aromatic heterocycles. The Balaban J connectivity index is 2.78. The molecule has 38 heavy (non-hydrogen) atoms. The molecule has 0 unspecified atom stereocenters. The van der Waals surface area contributed by atoms with Crippen molar-refractivity contribution in [3.8, 4) is 0 Å². The number of ether oxygens (including phenoxy) is 1. The summed E-state index contributed by atoms with van der Waals surface area (Å²) in [6.45, 7) is 23.5. The number of esters is 1. The fourth-order valence-electron chi connectivity index (χ4n) is 6.01. The molecule has 5 heteroatoms. The lowest BCUT2D eigenvalue weighted by atomic mass is 9.85. The zero-order chi connectivity index (χ0) is 28.9. The normalized spacial score (nSPS) is 21.3. The van der Waals surface area contributed by atoms with Gasteiger partial charge in [0.2, 0.25) is 0 Å². The molecule has 0 saturated carbocycles. The minimum Gasteiger partial charge on any atom is -0.461 e. The summed E-state index contributed by atoms with van der Waals surface area (Å²) >= 11 is 0. The Kier molecular flexibility index (Phi) is 16.0. The summed E-state index contributed by atoms with van der Waals surface area (Å²) in [6, 6.07) is 0. The number of rotatable bonds is 22. The molecule has 1 aliphatic heterocycles. The average molecular weight is 569 g/mol. The van der Waals surface area contributed by atoms with Crippen molar-refractivity contribution in [1.29, 1.82) is 0 Å². The van der Waals surface area contributed by atoms with Crippen LogP contribution in [-0.2, 0) is 14.0 Å². The first-order valence-electron chi connectivity index (χ1n) is 16.6. The van der Waals surface area contributed by atoms with Crippen molar-refractivity contribution in [2.45, 2.75) is 205 Å². The summed E-state index contributed by atoms with van der Waals surface area (Å²) in [5, 5.41) is -0.0416. The Hall–Kier alpha value is -0.136. The molecule has 0 aliphatic carbocycles. The number of hydrogen-bond donors (Lipinski definition) is 0. The molecule has 0 amide bonds. The van der Waals surface area contributed by atoms with Crippen LogP contribution in [0.2, 0.25) is 42.8 Å². The molecule has 1 aliphatic rings. The van der Waals surface area contributed by atoms with E-state index in [0.29, 0.717) is 0 Å². The Bertz CT molecular complexity index is 650. The standard InChI is InChI=1S/C33H68O3Si2/c1-11-13-15-17-18-19-20-21-23-25-27-33(37(6,7)8)30(35-31(33)34)28-29(26-24-22-16-14-12-2)36-38(9,10)32(3,4)5/h29-30H,11-28H2,1-10H3/t29-,30+,33-/m1/s1. The molecule has 1 rings (SSSR count). The van der Waals surface area contributed by atoms with Crippen molar-refractivity contribution in [3.63, 3.8) is 0 Å². The summed E-state index contributed by atoms with van der Waals surface area (Å²) < 4.78 is 13.1. The number of carbonyl (C=O) groups is 1. The molecule has 3 atom stereocenters. The van der Waals surface area contributed by atoms with Crippen molar-refractivity contribution in [2.75, 3.05) is 0 Å². The molecule has 1 heterocycles. The van der Waals surface area contributed by atoms with E-state index in [9.17, 15) is 4.79 Å². The maximum atomic E-state index is 13.2. The first-order chi connectivity index (χ1) is 17.7. The van der Waals surface area contributed by atoms with Crippen LogP contribution in [0.3, 0.4) is 0 Å². The maximum absolute atomic E-state index is 13.2. The molecule has 0 radical (unpaired) electrons. The fraction of sp³-hybridized carbons (Fsp3) is 0.970. The lowest BCUT2D eigenvalue weighted by molar-refractivity contribution is -0.186. The minimum atomic E-state index is -1.89. The highest BCUT2D eigenvalue weighted by atomic mass is 28.4. The van der Waals surface area contributed by atoms with E-state index in [-0.39, 0.29) is 28.3 Å². The van der Waals surface area contributed by atoms with Crippen LogP contribution < -0.4 is 0 Å². The lowest BCUT2D eigenvalue weighted by Crippen LogP contribution is -2.63. The van der Waals surface area contributed by atoms with Crippen LogP contribution in [0.1, 0.15) is 150 Å². The van der Waals surface area contributed by atoms with E-state index in [1.165, 1.54) is 89.9 Å². The van der Waals surface area contributed by atoms with E-state index in [1.807, 2.05) is 0 Å². The highest BCUT2D eigenvalue weighted by Crippen LogP contribution is 2.57. The molecule has 1 fully saturated rings. The van der Waals surface area contributed by atoms with Crippen LogP contribution in [-0.4, -0.2) is 34.6 Å². The number of carbonyl (C=O) groups excluding carboxylic acids is 1. The van der Waals surface area contributed by atoms with Gasteiger partial charge < -0.3 is 9.16 Å². The van der Waals surface area contributed by atoms with E-state index in [4.69, 9.17) is 9.16 Å². The van der Waals surface area contributed by atoms with Gasteiger partial charge in [-0.1, -0.05) is 151 Å². The Labute approximate surface area is 241 Å². The van der Waals surface area contributed by atoms with Crippen LogP contribution in [0.25, 0.3) is 0 Å². The van der Waals surface area contributed by atoms with Crippen molar-refractivity contribution in [3.05, 3.63) is 0 Å². The van der Waals surface area contributed by atoms with Gasteiger partial charge in [-0.05, 0) is 31.0 Å². The molecule has 0 N–H and O–H groups in total. The van der Waals surface area contributed by atoms with Crippen molar-refractivity contribution < 1.29 is 14.0 Å². The molecule has 3 nitrogen and oxygen atoms in total. The Morgan fingerprint density at radius 2 is 1.21 bits per heavy atom. The Morgan fingerprint density at radius 3 is 1.63 bits per heavy atom. The second kappa shape index (κ2) is 17.0. The largest absolute Gasteiger partial charge is 0.461 e. The van der Waals surface area contributed by atoms with Gasteiger partial charge in [0.25, 0.3) is 0 Å². The SMILES string of the molecule is CCCCCCCCCCCC[C@]1([Si](C)(C)C)C(=O)O[C@H]1C[C@@H](CCCCCCC)O[Si](C)(C)C(C)(C)C. The highest BCUT2D eigenvalue weighted by molar-refractivity contribution is 6.83. The molecule has 0 aromatic rings. The monoisotopic (exact) mass is 568 g/mol. The van der Waals surface area contributed by atoms with E-state index in [2.05, 4.69) is 67.4 Å². The van der Waals surface area contributed by atoms with Gasteiger partial charge in [-0.25, -0.2) is 0 Å². The third kappa shape index (κ3) is 11.0. The van der Waals surface area contributed by atoms with Gasteiger partial charge in [-0.15, -0.1) is 0 Å². The summed E-state index contributed by atoms with van der Waals surface area (Å²) in [5.41, 5.74) is 0. The van der Waals surface area contributed by atoms with Gasteiger partial charge in [0, 0.05) is 12.5 Å². The second-order valence-electron chi connectivity index (χ2n) is 15.0. The van der Waals surface area contributed by atoms with Gasteiger partial charge in [0.05, 0.1) is 13.1 Å². The zero-order valence-corrected chi connectivity index (χ0v) is 29.6. The molecule has 0 bridgehead atoms. The first-order valence-corrected chi connectivity index (χ1v) is 23.0. The van der Waals surface area contributed by atoms with Gasteiger partial charge in [0.1, 0.15) is 6.10 Å². The Morgan fingerprint density at radius 1 is 0.763 bits per heavy atom.